The highest BCUT2D eigenvalue weighted by Gasteiger charge is 2.20. The van der Waals surface area contributed by atoms with Crippen LogP contribution in [0.5, 0.6) is 0 Å². The molecule has 1 aliphatic rings. The first kappa shape index (κ1) is 16.7. The molecular formula is C17H25FN2O2. The van der Waals surface area contributed by atoms with Crippen molar-refractivity contribution in [2.75, 3.05) is 26.8 Å². The van der Waals surface area contributed by atoms with Crippen molar-refractivity contribution in [3.05, 3.63) is 35.6 Å². The fourth-order valence-corrected chi connectivity index (χ4v) is 2.67. The second kappa shape index (κ2) is 8.13. The van der Waals surface area contributed by atoms with Crippen LogP contribution in [0.4, 0.5) is 9.18 Å². The van der Waals surface area contributed by atoms with Gasteiger partial charge < -0.3 is 15.0 Å². The lowest BCUT2D eigenvalue weighted by Crippen LogP contribution is -2.43. The second-order valence-corrected chi connectivity index (χ2v) is 6.13. The van der Waals surface area contributed by atoms with Crippen molar-refractivity contribution in [1.29, 1.82) is 0 Å². The van der Waals surface area contributed by atoms with Gasteiger partial charge in [-0.3, -0.25) is 0 Å². The van der Waals surface area contributed by atoms with Gasteiger partial charge in [0.15, 0.2) is 0 Å². The summed E-state index contributed by atoms with van der Waals surface area (Å²) in [7, 11) is 1.81. The molecular weight excluding hydrogens is 283 g/mol. The topological polar surface area (TPSA) is 41.6 Å². The van der Waals surface area contributed by atoms with E-state index in [0.717, 1.165) is 44.6 Å². The molecule has 2 rings (SSSR count). The fraction of sp³-hybridized carbons (Fsp3) is 0.588. The molecule has 1 aromatic carbocycles. The van der Waals surface area contributed by atoms with Gasteiger partial charge in [0, 0.05) is 32.2 Å². The third-order valence-corrected chi connectivity index (χ3v) is 4.03. The summed E-state index contributed by atoms with van der Waals surface area (Å²) in [6.45, 7) is 4.24. The molecule has 0 radical (unpaired) electrons. The Morgan fingerprint density at radius 3 is 3.05 bits per heavy atom. The molecule has 0 spiro atoms. The highest BCUT2D eigenvalue weighted by Crippen LogP contribution is 2.13. The summed E-state index contributed by atoms with van der Waals surface area (Å²) in [6, 6.07) is 6.60. The van der Waals surface area contributed by atoms with E-state index in [-0.39, 0.29) is 17.9 Å². The number of amides is 2. The van der Waals surface area contributed by atoms with Gasteiger partial charge in [0.25, 0.3) is 0 Å². The van der Waals surface area contributed by atoms with Crippen LogP contribution >= 0.6 is 0 Å². The number of carbonyl (C=O) groups excluding carboxylic acids is 1. The number of nitrogens with zero attached hydrogens (tertiary/aromatic N) is 1. The molecule has 1 N–H and O–H groups in total. The maximum Gasteiger partial charge on any atom is 0.317 e. The average Bonchev–Trinajstić information content (AvgIpc) is 2.98. The van der Waals surface area contributed by atoms with Gasteiger partial charge in [0.1, 0.15) is 5.82 Å². The fourth-order valence-electron chi connectivity index (χ4n) is 2.67. The maximum atomic E-state index is 13.1. The average molecular weight is 308 g/mol. The van der Waals surface area contributed by atoms with E-state index in [1.165, 1.54) is 6.07 Å². The van der Waals surface area contributed by atoms with Crippen molar-refractivity contribution in [1.82, 2.24) is 10.2 Å². The molecule has 1 aliphatic heterocycles. The van der Waals surface area contributed by atoms with Crippen LogP contribution in [-0.2, 0) is 11.2 Å². The summed E-state index contributed by atoms with van der Waals surface area (Å²) >= 11 is 0. The van der Waals surface area contributed by atoms with Gasteiger partial charge in [-0.2, -0.15) is 0 Å². The highest BCUT2D eigenvalue weighted by atomic mass is 19.1. The number of rotatable bonds is 6. The largest absolute Gasteiger partial charge is 0.381 e. The summed E-state index contributed by atoms with van der Waals surface area (Å²) in [4.78, 5) is 13.8. The highest BCUT2D eigenvalue weighted by molar-refractivity contribution is 5.74. The number of halogens is 1. The van der Waals surface area contributed by atoms with Crippen LogP contribution in [0.25, 0.3) is 0 Å². The Morgan fingerprint density at radius 2 is 2.36 bits per heavy atom. The van der Waals surface area contributed by atoms with E-state index < -0.39 is 0 Å². The maximum absolute atomic E-state index is 13.1. The van der Waals surface area contributed by atoms with Crippen LogP contribution in [0.3, 0.4) is 0 Å². The van der Waals surface area contributed by atoms with Crippen molar-refractivity contribution in [3.8, 4) is 0 Å². The van der Waals surface area contributed by atoms with Crippen molar-refractivity contribution < 1.29 is 13.9 Å². The Bertz CT molecular complexity index is 489. The van der Waals surface area contributed by atoms with Crippen molar-refractivity contribution in [2.45, 2.75) is 32.2 Å². The second-order valence-electron chi connectivity index (χ2n) is 6.13. The monoisotopic (exact) mass is 308 g/mol. The number of hydrogen-bond acceptors (Lipinski definition) is 2. The molecule has 4 nitrogen and oxygen atoms in total. The zero-order valence-corrected chi connectivity index (χ0v) is 13.3. The zero-order valence-electron chi connectivity index (χ0n) is 13.3. The minimum atomic E-state index is -0.215. The van der Waals surface area contributed by atoms with E-state index in [1.807, 2.05) is 20.0 Å². The SMILES string of the molecule is C[C@@H](CCc1cccc(F)c1)NC(=O)N(C)C[C@H]1CCOC1. The quantitative estimate of drug-likeness (QED) is 0.878. The third-order valence-electron chi connectivity index (χ3n) is 4.03. The van der Waals surface area contributed by atoms with Crippen LogP contribution in [0.15, 0.2) is 24.3 Å². The van der Waals surface area contributed by atoms with Crippen molar-refractivity contribution >= 4 is 6.03 Å². The molecule has 122 valence electrons. The normalized spacial score (nSPS) is 19.0. The number of benzene rings is 1. The number of ether oxygens (including phenoxy) is 1. The summed E-state index contributed by atoms with van der Waals surface area (Å²) in [6.07, 6.45) is 2.56. The van der Waals surface area contributed by atoms with E-state index in [1.54, 1.807) is 17.0 Å². The molecule has 1 fully saturated rings. The predicted molar refractivity (Wildman–Crippen MR) is 84.3 cm³/mol. The standard InChI is InChI=1S/C17H25FN2O2/c1-13(6-7-14-4-3-5-16(18)10-14)19-17(21)20(2)11-15-8-9-22-12-15/h3-5,10,13,15H,6-9,11-12H2,1-2H3,(H,19,21)/t13-,15+/m0/s1. The van der Waals surface area contributed by atoms with Crippen LogP contribution in [0, 0.1) is 11.7 Å². The molecule has 2 atom stereocenters. The third kappa shape index (κ3) is 5.30. The molecule has 1 saturated heterocycles. The van der Waals surface area contributed by atoms with E-state index in [2.05, 4.69) is 5.32 Å². The van der Waals surface area contributed by atoms with E-state index in [0.29, 0.717) is 5.92 Å². The van der Waals surface area contributed by atoms with E-state index in [9.17, 15) is 9.18 Å². The van der Waals surface area contributed by atoms with Gasteiger partial charge in [0.05, 0.1) is 6.61 Å². The summed E-state index contributed by atoms with van der Waals surface area (Å²) in [5, 5.41) is 2.99. The molecule has 0 saturated carbocycles. The van der Waals surface area contributed by atoms with Crippen LogP contribution in [0.1, 0.15) is 25.3 Å². The molecule has 1 aromatic rings. The molecule has 0 aromatic heterocycles. The number of aryl methyl sites for hydroxylation is 1. The van der Waals surface area contributed by atoms with E-state index in [4.69, 9.17) is 4.74 Å². The number of nitrogens with one attached hydrogen (secondary N) is 1. The minimum absolute atomic E-state index is 0.0537. The van der Waals surface area contributed by atoms with Gasteiger partial charge in [0.2, 0.25) is 0 Å². The van der Waals surface area contributed by atoms with Gasteiger partial charge >= 0.3 is 6.03 Å². The first-order chi connectivity index (χ1) is 10.5. The smallest absolute Gasteiger partial charge is 0.317 e. The summed E-state index contributed by atoms with van der Waals surface area (Å²) in [5.41, 5.74) is 0.956. The van der Waals surface area contributed by atoms with Crippen molar-refractivity contribution in [3.63, 3.8) is 0 Å². The van der Waals surface area contributed by atoms with Gasteiger partial charge in [-0.15, -0.1) is 0 Å². The van der Waals surface area contributed by atoms with Gasteiger partial charge in [-0.25, -0.2) is 9.18 Å². The van der Waals surface area contributed by atoms with Gasteiger partial charge in [-0.05, 0) is 43.9 Å². The Hall–Kier alpha value is -1.62. The first-order valence-electron chi connectivity index (χ1n) is 7.88. The molecule has 1 heterocycles. The summed E-state index contributed by atoms with van der Waals surface area (Å²) < 4.78 is 18.4. The Labute approximate surface area is 131 Å². The molecule has 2 amide bonds. The molecule has 22 heavy (non-hydrogen) atoms. The molecule has 5 heteroatoms. The molecule has 0 unspecified atom stereocenters. The minimum Gasteiger partial charge on any atom is -0.381 e. The predicted octanol–water partition coefficient (Wildman–Crippen LogP) is 2.82. The number of carbonyl (C=O) groups is 1. The lowest BCUT2D eigenvalue weighted by Gasteiger charge is -2.23. The van der Waals surface area contributed by atoms with Gasteiger partial charge in [-0.1, -0.05) is 12.1 Å². The van der Waals surface area contributed by atoms with Crippen molar-refractivity contribution in [2.24, 2.45) is 5.92 Å². The zero-order chi connectivity index (χ0) is 15.9. The number of hydrogen-bond donors (Lipinski definition) is 1. The Kier molecular flexibility index (Phi) is 6.19. The number of urea groups is 1. The lowest BCUT2D eigenvalue weighted by atomic mass is 10.1. The Balaban J connectivity index is 1.71. The van der Waals surface area contributed by atoms with E-state index >= 15 is 0 Å². The Morgan fingerprint density at radius 1 is 1.55 bits per heavy atom. The summed E-state index contributed by atoms with van der Waals surface area (Å²) in [5.74, 6) is 0.228. The lowest BCUT2D eigenvalue weighted by molar-refractivity contribution is 0.170. The van der Waals surface area contributed by atoms with Crippen LogP contribution in [-0.4, -0.2) is 43.8 Å². The van der Waals surface area contributed by atoms with Crippen LogP contribution in [0.2, 0.25) is 0 Å². The first-order valence-corrected chi connectivity index (χ1v) is 7.88. The molecule has 0 bridgehead atoms. The molecule has 0 aliphatic carbocycles. The van der Waals surface area contributed by atoms with Crippen LogP contribution < -0.4 is 5.32 Å².